The van der Waals surface area contributed by atoms with Crippen LogP contribution < -0.4 is 15.6 Å². The summed E-state index contributed by atoms with van der Waals surface area (Å²) in [5, 5.41) is 10.4. The van der Waals surface area contributed by atoms with Crippen molar-refractivity contribution in [2.24, 2.45) is 7.05 Å². The lowest BCUT2D eigenvalue weighted by Gasteiger charge is -2.07. The first-order valence-corrected chi connectivity index (χ1v) is 12.3. The molecule has 4 rings (SSSR count). The zero-order chi connectivity index (χ0) is 22.9. The zero-order valence-electron chi connectivity index (χ0n) is 17.2. The number of thiazole rings is 1. The van der Waals surface area contributed by atoms with Crippen LogP contribution in [-0.4, -0.2) is 35.3 Å². The van der Waals surface area contributed by atoms with Gasteiger partial charge in [0.2, 0.25) is 15.9 Å². The topological polar surface area (TPSA) is 123 Å². The van der Waals surface area contributed by atoms with Crippen molar-refractivity contribution in [2.45, 2.75) is 6.42 Å². The van der Waals surface area contributed by atoms with Crippen LogP contribution in [0, 0.1) is 0 Å². The van der Waals surface area contributed by atoms with Crippen molar-refractivity contribution in [3.05, 3.63) is 70.0 Å². The Morgan fingerprint density at radius 3 is 2.47 bits per heavy atom. The SMILES string of the molecule is Cn1nc(CC(=O)Nc2nc(-c3ccc(NS(C)(=O)=O)cc3)cs2)c2ccccc2c1=O. The van der Waals surface area contributed by atoms with Crippen LogP contribution in [0.2, 0.25) is 0 Å². The quantitative estimate of drug-likeness (QED) is 0.447. The maximum Gasteiger partial charge on any atom is 0.274 e. The van der Waals surface area contributed by atoms with Crippen molar-refractivity contribution in [1.82, 2.24) is 14.8 Å². The molecule has 0 unspecified atom stereocenters. The molecule has 32 heavy (non-hydrogen) atoms. The first kappa shape index (κ1) is 21.7. The van der Waals surface area contributed by atoms with E-state index in [1.165, 1.54) is 16.0 Å². The number of hydrogen-bond acceptors (Lipinski definition) is 7. The van der Waals surface area contributed by atoms with Gasteiger partial charge in [0.15, 0.2) is 5.13 Å². The highest BCUT2D eigenvalue weighted by Gasteiger charge is 2.14. The summed E-state index contributed by atoms with van der Waals surface area (Å²) in [5.41, 5.74) is 2.18. The number of hydrogen-bond donors (Lipinski definition) is 2. The van der Waals surface area contributed by atoms with Crippen LogP contribution in [0.4, 0.5) is 10.8 Å². The van der Waals surface area contributed by atoms with Gasteiger partial charge in [0, 0.05) is 29.1 Å². The molecule has 0 bridgehead atoms. The molecule has 0 aliphatic heterocycles. The minimum Gasteiger partial charge on any atom is -0.302 e. The normalized spacial score (nSPS) is 11.4. The predicted octanol–water partition coefficient (Wildman–Crippen LogP) is 2.61. The van der Waals surface area contributed by atoms with Crippen LogP contribution in [0.25, 0.3) is 22.0 Å². The predicted molar refractivity (Wildman–Crippen MR) is 125 cm³/mol. The third-order valence-corrected chi connectivity index (χ3v) is 5.96. The van der Waals surface area contributed by atoms with Gasteiger partial charge in [-0.3, -0.25) is 14.3 Å². The van der Waals surface area contributed by atoms with Crippen molar-refractivity contribution in [1.29, 1.82) is 0 Å². The van der Waals surface area contributed by atoms with E-state index < -0.39 is 10.0 Å². The van der Waals surface area contributed by atoms with Crippen molar-refractivity contribution in [3.8, 4) is 11.3 Å². The van der Waals surface area contributed by atoms with Crippen LogP contribution >= 0.6 is 11.3 Å². The minimum absolute atomic E-state index is 0.00456. The largest absolute Gasteiger partial charge is 0.302 e. The highest BCUT2D eigenvalue weighted by Crippen LogP contribution is 2.26. The molecule has 11 heteroatoms. The molecule has 0 aliphatic carbocycles. The molecule has 0 radical (unpaired) electrons. The second-order valence-electron chi connectivity index (χ2n) is 7.14. The third-order valence-electron chi connectivity index (χ3n) is 4.60. The van der Waals surface area contributed by atoms with E-state index in [1.807, 2.05) is 0 Å². The summed E-state index contributed by atoms with van der Waals surface area (Å²) in [7, 11) is -1.79. The Kier molecular flexibility index (Phi) is 5.76. The van der Waals surface area contributed by atoms with E-state index in [0.717, 1.165) is 11.8 Å². The number of carbonyl (C=O) groups is 1. The van der Waals surface area contributed by atoms with Crippen LogP contribution in [0.3, 0.4) is 0 Å². The van der Waals surface area contributed by atoms with E-state index in [-0.39, 0.29) is 17.9 Å². The van der Waals surface area contributed by atoms with Gasteiger partial charge in [-0.05, 0) is 18.2 Å². The number of sulfonamides is 1. The highest BCUT2D eigenvalue weighted by molar-refractivity contribution is 7.92. The van der Waals surface area contributed by atoms with Gasteiger partial charge in [0.05, 0.1) is 29.5 Å². The zero-order valence-corrected chi connectivity index (χ0v) is 18.8. The molecule has 1 amide bonds. The number of aromatic nitrogens is 3. The summed E-state index contributed by atoms with van der Waals surface area (Å²) in [6.45, 7) is 0. The maximum atomic E-state index is 12.6. The minimum atomic E-state index is -3.34. The maximum absolute atomic E-state index is 12.6. The first-order chi connectivity index (χ1) is 15.2. The van der Waals surface area contributed by atoms with Gasteiger partial charge in [0.1, 0.15) is 0 Å². The Bertz CT molecular complexity index is 1470. The van der Waals surface area contributed by atoms with Gasteiger partial charge in [-0.25, -0.2) is 18.1 Å². The Morgan fingerprint density at radius 2 is 1.78 bits per heavy atom. The number of anilines is 2. The van der Waals surface area contributed by atoms with E-state index >= 15 is 0 Å². The molecular formula is C21H19N5O4S2. The lowest BCUT2D eigenvalue weighted by molar-refractivity contribution is -0.115. The van der Waals surface area contributed by atoms with Gasteiger partial charge in [-0.15, -0.1) is 11.3 Å². The van der Waals surface area contributed by atoms with Crippen LogP contribution in [0.15, 0.2) is 58.7 Å². The summed E-state index contributed by atoms with van der Waals surface area (Å²) in [6, 6.07) is 13.8. The second-order valence-corrected chi connectivity index (χ2v) is 9.74. The second kappa shape index (κ2) is 8.52. The third kappa shape index (κ3) is 4.84. The standard InChI is InChI=1S/C21H19N5O4S2/c1-26-20(28)16-6-4-3-5-15(16)17(24-26)11-19(27)23-21-22-18(12-31-21)13-7-9-14(10-8-13)25-32(2,29)30/h3-10,12,25H,11H2,1-2H3,(H,22,23,27). The number of carbonyl (C=O) groups excluding carboxylic acids is 1. The summed E-state index contributed by atoms with van der Waals surface area (Å²) >= 11 is 1.28. The number of aryl methyl sites for hydroxylation is 1. The van der Waals surface area contributed by atoms with Crippen molar-refractivity contribution < 1.29 is 13.2 Å². The molecule has 0 atom stereocenters. The Hall–Kier alpha value is -3.57. The number of amides is 1. The molecule has 2 aromatic heterocycles. The van der Waals surface area contributed by atoms with Gasteiger partial charge < -0.3 is 5.32 Å². The van der Waals surface area contributed by atoms with Crippen LogP contribution in [0.5, 0.6) is 0 Å². The van der Waals surface area contributed by atoms with Crippen LogP contribution in [-0.2, 0) is 28.3 Å². The lowest BCUT2D eigenvalue weighted by atomic mass is 10.1. The van der Waals surface area contributed by atoms with E-state index in [2.05, 4.69) is 20.1 Å². The van der Waals surface area contributed by atoms with Crippen molar-refractivity contribution >= 4 is 48.9 Å². The van der Waals surface area contributed by atoms with Crippen molar-refractivity contribution in [3.63, 3.8) is 0 Å². The summed E-state index contributed by atoms with van der Waals surface area (Å²) < 4.78 is 26.3. The van der Waals surface area contributed by atoms with E-state index in [9.17, 15) is 18.0 Å². The smallest absolute Gasteiger partial charge is 0.274 e. The fourth-order valence-corrected chi connectivity index (χ4v) is 4.51. The molecule has 0 fully saturated rings. The Balaban J connectivity index is 1.49. The molecule has 2 aromatic carbocycles. The van der Waals surface area contributed by atoms with Gasteiger partial charge in [-0.2, -0.15) is 5.10 Å². The van der Waals surface area contributed by atoms with Crippen molar-refractivity contribution in [2.75, 3.05) is 16.3 Å². The van der Waals surface area contributed by atoms with Gasteiger partial charge >= 0.3 is 0 Å². The van der Waals surface area contributed by atoms with E-state index in [1.54, 1.807) is 61.0 Å². The Morgan fingerprint density at radius 1 is 1.09 bits per heavy atom. The molecule has 9 nitrogen and oxygen atoms in total. The summed E-state index contributed by atoms with van der Waals surface area (Å²) in [6.07, 6.45) is 1.08. The average molecular weight is 470 g/mol. The lowest BCUT2D eigenvalue weighted by Crippen LogP contribution is -2.24. The van der Waals surface area contributed by atoms with Crippen LogP contribution in [0.1, 0.15) is 5.69 Å². The Labute approximate surface area is 187 Å². The van der Waals surface area contributed by atoms with Gasteiger partial charge in [-0.1, -0.05) is 30.3 Å². The number of nitrogens with one attached hydrogen (secondary N) is 2. The number of rotatable bonds is 6. The number of fused-ring (bicyclic) bond motifs is 1. The fourth-order valence-electron chi connectivity index (χ4n) is 3.21. The van der Waals surface area contributed by atoms with Gasteiger partial charge in [0.25, 0.3) is 5.56 Å². The molecule has 0 saturated carbocycles. The summed E-state index contributed by atoms with van der Waals surface area (Å²) in [5.74, 6) is -0.296. The fraction of sp³-hybridized carbons (Fsp3) is 0.143. The van der Waals surface area contributed by atoms with E-state index in [4.69, 9.17) is 0 Å². The molecule has 2 heterocycles. The molecule has 164 valence electrons. The summed E-state index contributed by atoms with van der Waals surface area (Å²) in [4.78, 5) is 29.3. The van der Waals surface area contributed by atoms with E-state index in [0.29, 0.717) is 33.0 Å². The average Bonchev–Trinajstić information content (AvgIpc) is 3.19. The monoisotopic (exact) mass is 469 g/mol. The molecular weight excluding hydrogens is 450 g/mol. The number of benzene rings is 2. The molecule has 4 aromatic rings. The molecule has 2 N–H and O–H groups in total. The first-order valence-electron chi connectivity index (χ1n) is 9.48. The molecule has 0 saturated heterocycles. The molecule has 0 aliphatic rings. The molecule has 0 spiro atoms. The highest BCUT2D eigenvalue weighted by atomic mass is 32.2. The number of nitrogens with zero attached hydrogens (tertiary/aromatic N) is 3.